The topological polar surface area (TPSA) is 38.8 Å². The molecule has 0 heterocycles. The third-order valence-electron chi connectivity index (χ3n) is 3.68. The molecular weight excluding hydrogens is 266 g/mol. The molecule has 116 valence electrons. The van der Waals surface area contributed by atoms with Crippen LogP contribution in [0.15, 0.2) is 18.2 Å². The van der Waals surface area contributed by atoms with Gasteiger partial charge in [0.25, 0.3) is 0 Å². The molecule has 0 aliphatic heterocycles. The summed E-state index contributed by atoms with van der Waals surface area (Å²) in [7, 11) is 0. The molecule has 1 aromatic rings. The number of hydrogen-bond donors (Lipinski definition) is 0. The van der Waals surface area contributed by atoms with E-state index in [9.17, 15) is 4.79 Å². The molecule has 1 aromatic carbocycles. The van der Waals surface area contributed by atoms with Crippen molar-refractivity contribution in [3.63, 3.8) is 0 Å². The second-order valence-electron chi connectivity index (χ2n) is 5.62. The van der Waals surface area contributed by atoms with Crippen LogP contribution in [0.4, 0.5) is 0 Å². The molecule has 2 rings (SSSR count). The highest BCUT2D eigenvalue weighted by Crippen LogP contribution is 2.26. The lowest BCUT2D eigenvalue weighted by atomic mass is 10.1. The van der Waals surface area contributed by atoms with Crippen LogP contribution in [0.5, 0.6) is 5.75 Å². The zero-order valence-corrected chi connectivity index (χ0v) is 13.2. The van der Waals surface area contributed by atoms with Gasteiger partial charge in [-0.3, -0.25) is 9.69 Å². The van der Waals surface area contributed by atoms with Crippen LogP contribution in [0.2, 0.25) is 0 Å². The molecule has 0 unspecified atom stereocenters. The van der Waals surface area contributed by atoms with E-state index in [2.05, 4.69) is 30.0 Å². The first-order valence-electron chi connectivity index (χ1n) is 7.70. The average Bonchev–Trinajstić information content (AvgIpc) is 3.26. The van der Waals surface area contributed by atoms with Crippen molar-refractivity contribution in [3.05, 3.63) is 29.3 Å². The Labute approximate surface area is 127 Å². The quantitative estimate of drug-likeness (QED) is 0.690. The Morgan fingerprint density at radius 3 is 2.76 bits per heavy atom. The smallest absolute Gasteiger partial charge is 0.320 e. The van der Waals surface area contributed by atoms with Crippen molar-refractivity contribution in [2.24, 2.45) is 0 Å². The Hall–Kier alpha value is -1.55. The van der Waals surface area contributed by atoms with Gasteiger partial charge in [-0.1, -0.05) is 12.1 Å². The molecule has 0 radical (unpaired) electrons. The zero-order valence-electron chi connectivity index (χ0n) is 13.2. The lowest BCUT2D eigenvalue weighted by Gasteiger charge is -2.21. The molecule has 4 nitrogen and oxygen atoms in total. The van der Waals surface area contributed by atoms with E-state index in [0.29, 0.717) is 25.8 Å². The first-order valence-corrected chi connectivity index (χ1v) is 7.70. The number of benzene rings is 1. The van der Waals surface area contributed by atoms with Gasteiger partial charge in [0.05, 0.1) is 13.2 Å². The van der Waals surface area contributed by atoms with E-state index >= 15 is 0 Å². The van der Waals surface area contributed by atoms with Gasteiger partial charge in [0.15, 0.2) is 0 Å². The lowest BCUT2D eigenvalue weighted by molar-refractivity contribution is -0.144. The number of aryl methyl sites for hydroxylation is 2. The average molecular weight is 291 g/mol. The molecule has 4 heteroatoms. The maximum Gasteiger partial charge on any atom is 0.320 e. The molecular formula is C17H25NO3. The summed E-state index contributed by atoms with van der Waals surface area (Å²) in [6, 6.07) is 6.74. The summed E-state index contributed by atoms with van der Waals surface area (Å²) >= 11 is 0. The van der Waals surface area contributed by atoms with E-state index < -0.39 is 0 Å². The van der Waals surface area contributed by atoms with Crippen LogP contribution in [-0.2, 0) is 9.53 Å². The number of nitrogens with zero attached hydrogens (tertiary/aromatic N) is 1. The van der Waals surface area contributed by atoms with Crippen molar-refractivity contribution in [1.82, 2.24) is 4.90 Å². The van der Waals surface area contributed by atoms with E-state index in [1.165, 1.54) is 18.4 Å². The fraction of sp³-hybridized carbons (Fsp3) is 0.588. The second-order valence-corrected chi connectivity index (χ2v) is 5.62. The van der Waals surface area contributed by atoms with Crippen LogP contribution in [0.1, 0.15) is 30.9 Å². The van der Waals surface area contributed by atoms with Crippen LogP contribution in [0.25, 0.3) is 0 Å². The predicted molar refractivity (Wildman–Crippen MR) is 82.6 cm³/mol. The first-order chi connectivity index (χ1) is 10.1. The molecule has 0 aromatic heterocycles. The Kier molecular flexibility index (Phi) is 5.62. The highest BCUT2D eigenvalue weighted by Gasteiger charge is 2.30. The Balaban J connectivity index is 1.82. The summed E-state index contributed by atoms with van der Waals surface area (Å²) in [5.74, 6) is 0.790. The Morgan fingerprint density at radius 1 is 1.33 bits per heavy atom. The maximum absolute atomic E-state index is 11.6. The van der Waals surface area contributed by atoms with Crippen LogP contribution < -0.4 is 4.74 Å². The molecule has 0 amide bonds. The van der Waals surface area contributed by atoms with Crippen molar-refractivity contribution in [2.75, 3.05) is 26.3 Å². The van der Waals surface area contributed by atoms with Gasteiger partial charge in [-0.25, -0.2) is 0 Å². The van der Waals surface area contributed by atoms with E-state index in [4.69, 9.17) is 9.47 Å². The summed E-state index contributed by atoms with van der Waals surface area (Å²) < 4.78 is 10.9. The minimum atomic E-state index is -0.142. The number of ether oxygens (including phenoxy) is 2. The number of carbonyl (C=O) groups excluding carboxylic acids is 1. The van der Waals surface area contributed by atoms with Crippen LogP contribution in [-0.4, -0.2) is 43.2 Å². The van der Waals surface area contributed by atoms with Gasteiger partial charge >= 0.3 is 5.97 Å². The summed E-state index contributed by atoms with van der Waals surface area (Å²) in [6.45, 7) is 8.11. The van der Waals surface area contributed by atoms with E-state index in [1.54, 1.807) is 0 Å². The first kappa shape index (κ1) is 15.8. The Morgan fingerprint density at radius 2 is 2.10 bits per heavy atom. The molecule has 1 aliphatic rings. The van der Waals surface area contributed by atoms with Gasteiger partial charge in [0, 0.05) is 12.6 Å². The van der Waals surface area contributed by atoms with Crippen LogP contribution >= 0.6 is 0 Å². The number of rotatable bonds is 8. The van der Waals surface area contributed by atoms with Crippen molar-refractivity contribution < 1.29 is 14.3 Å². The minimum absolute atomic E-state index is 0.142. The van der Waals surface area contributed by atoms with Gasteiger partial charge < -0.3 is 9.47 Å². The SMILES string of the molecule is CCOC(=O)CN(CCOc1cc(C)ccc1C)C1CC1. The van der Waals surface area contributed by atoms with E-state index in [1.807, 2.05) is 13.8 Å². The molecule has 21 heavy (non-hydrogen) atoms. The zero-order chi connectivity index (χ0) is 15.2. The largest absolute Gasteiger partial charge is 0.492 e. The highest BCUT2D eigenvalue weighted by atomic mass is 16.5. The molecule has 0 N–H and O–H groups in total. The molecule has 1 fully saturated rings. The van der Waals surface area contributed by atoms with Crippen molar-refractivity contribution in [3.8, 4) is 5.75 Å². The molecule has 0 atom stereocenters. The number of esters is 1. The lowest BCUT2D eigenvalue weighted by Crippen LogP contribution is -2.36. The van der Waals surface area contributed by atoms with Gasteiger partial charge in [0.2, 0.25) is 0 Å². The summed E-state index contributed by atoms with van der Waals surface area (Å²) in [5, 5.41) is 0. The number of hydrogen-bond acceptors (Lipinski definition) is 4. The van der Waals surface area contributed by atoms with Crippen molar-refractivity contribution in [1.29, 1.82) is 0 Å². The standard InChI is InChI=1S/C17H25NO3/c1-4-20-17(19)12-18(15-7-8-15)9-10-21-16-11-13(2)5-6-14(16)3/h5-6,11,15H,4,7-10,12H2,1-3H3. The molecule has 1 saturated carbocycles. The van der Waals surface area contributed by atoms with Gasteiger partial charge in [-0.15, -0.1) is 0 Å². The van der Waals surface area contributed by atoms with E-state index in [-0.39, 0.29) is 5.97 Å². The van der Waals surface area contributed by atoms with E-state index in [0.717, 1.165) is 17.9 Å². The van der Waals surface area contributed by atoms with Gasteiger partial charge in [-0.05, 0) is 50.8 Å². The third kappa shape index (κ3) is 5.05. The normalized spacial score (nSPS) is 14.3. The summed E-state index contributed by atoms with van der Waals surface area (Å²) in [6.07, 6.45) is 2.34. The second kappa shape index (κ2) is 7.46. The summed E-state index contributed by atoms with van der Waals surface area (Å²) in [4.78, 5) is 13.8. The monoisotopic (exact) mass is 291 g/mol. The molecule has 0 spiro atoms. The van der Waals surface area contributed by atoms with Gasteiger partial charge in [-0.2, -0.15) is 0 Å². The third-order valence-corrected chi connectivity index (χ3v) is 3.68. The molecule has 1 aliphatic carbocycles. The predicted octanol–water partition coefficient (Wildman–Crippen LogP) is 2.71. The minimum Gasteiger partial charge on any atom is -0.492 e. The Bertz CT molecular complexity index is 483. The molecule has 0 saturated heterocycles. The van der Waals surface area contributed by atoms with Crippen molar-refractivity contribution in [2.45, 2.75) is 39.7 Å². The highest BCUT2D eigenvalue weighted by molar-refractivity contribution is 5.71. The van der Waals surface area contributed by atoms with Crippen LogP contribution in [0.3, 0.4) is 0 Å². The van der Waals surface area contributed by atoms with Gasteiger partial charge in [0.1, 0.15) is 12.4 Å². The number of carbonyl (C=O) groups is 1. The van der Waals surface area contributed by atoms with Crippen molar-refractivity contribution >= 4 is 5.97 Å². The summed E-state index contributed by atoms with van der Waals surface area (Å²) in [5.41, 5.74) is 2.34. The van der Waals surface area contributed by atoms with Crippen LogP contribution in [0, 0.1) is 13.8 Å². The maximum atomic E-state index is 11.6. The molecule has 0 bridgehead atoms. The fourth-order valence-electron chi connectivity index (χ4n) is 2.34. The fourth-order valence-corrected chi connectivity index (χ4v) is 2.34.